The summed E-state index contributed by atoms with van der Waals surface area (Å²) in [7, 11) is -3.42. The molecule has 3 heterocycles. The van der Waals surface area contributed by atoms with E-state index in [4.69, 9.17) is 9.26 Å². The Balaban J connectivity index is 1.38. The Morgan fingerprint density at radius 1 is 0.964 bits per heavy atom. The van der Waals surface area contributed by atoms with Crippen molar-refractivity contribution in [3.63, 3.8) is 0 Å². The van der Waals surface area contributed by atoms with Crippen LogP contribution in [0.2, 0.25) is 0 Å². The van der Waals surface area contributed by atoms with E-state index >= 15 is 0 Å². The molecule has 0 bridgehead atoms. The lowest BCUT2D eigenvalue weighted by Gasteiger charge is -2.38. The molecule has 1 aromatic carbocycles. The van der Waals surface area contributed by atoms with E-state index in [1.807, 2.05) is 37.3 Å². The van der Waals surface area contributed by atoms with Crippen LogP contribution in [0.15, 0.2) is 34.9 Å². The van der Waals surface area contributed by atoms with Crippen molar-refractivity contribution < 1.29 is 17.7 Å². The second-order valence-electron chi connectivity index (χ2n) is 6.95. The molecule has 0 saturated carbocycles. The summed E-state index contributed by atoms with van der Waals surface area (Å²) in [5.41, 5.74) is 0.908. The maximum absolute atomic E-state index is 12.8. The Labute approximate surface area is 165 Å². The number of aromatic nitrogens is 2. The van der Waals surface area contributed by atoms with Gasteiger partial charge in [0.1, 0.15) is 0 Å². The number of rotatable bonds is 5. The molecule has 0 spiro atoms. The van der Waals surface area contributed by atoms with Crippen LogP contribution in [0, 0.1) is 0 Å². The van der Waals surface area contributed by atoms with Crippen molar-refractivity contribution in [2.75, 3.05) is 52.5 Å². The maximum Gasteiger partial charge on any atom is 0.282 e. The molecule has 28 heavy (non-hydrogen) atoms. The fourth-order valence-electron chi connectivity index (χ4n) is 3.53. The van der Waals surface area contributed by atoms with Crippen molar-refractivity contribution in [1.29, 1.82) is 0 Å². The Morgan fingerprint density at radius 3 is 2.29 bits per heavy atom. The molecule has 9 nitrogen and oxygen atoms in total. The van der Waals surface area contributed by atoms with Crippen LogP contribution in [0.1, 0.15) is 18.9 Å². The summed E-state index contributed by atoms with van der Waals surface area (Å²) in [6.07, 6.45) is 0. The average Bonchev–Trinajstić information content (AvgIpc) is 3.25. The summed E-state index contributed by atoms with van der Waals surface area (Å²) in [6, 6.07) is 9.62. The van der Waals surface area contributed by atoms with Gasteiger partial charge >= 0.3 is 0 Å². The van der Waals surface area contributed by atoms with Crippen LogP contribution < -0.4 is 0 Å². The molecule has 2 aliphatic heterocycles. The molecule has 2 aliphatic rings. The van der Waals surface area contributed by atoms with Gasteiger partial charge in [-0.2, -0.15) is 22.0 Å². The minimum absolute atomic E-state index is 0.0711. The van der Waals surface area contributed by atoms with Gasteiger partial charge in [0.05, 0.1) is 19.3 Å². The van der Waals surface area contributed by atoms with Gasteiger partial charge in [0.25, 0.3) is 10.2 Å². The number of ether oxygens (including phenoxy) is 1. The normalized spacial score (nSPS) is 21.6. The van der Waals surface area contributed by atoms with Gasteiger partial charge in [-0.15, -0.1) is 0 Å². The van der Waals surface area contributed by atoms with Gasteiger partial charge < -0.3 is 9.26 Å². The predicted molar refractivity (Wildman–Crippen MR) is 103 cm³/mol. The van der Waals surface area contributed by atoms with E-state index in [0.717, 1.165) is 5.56 Å². The van der Waals surface area contributed by atoms with E-state index in [2.05, 4.69) is 15.0 Å². The molecule has 0 aliphatic carbocycles. The average molecular weight is 407 g/mol. The second kappa shape index (κ2) is 8.26. The fourth-order valence-corrected chi connectivity index (χ4v) is 5.09. The predicted octanol–water partition coefficient (Wildman–Crippen LogP) is 0.992. The third-order valence-corrected chi connectivity index (χ3v) is 7.31. The number of morpholine rings is 1. The Bertz CT molecular complexity index is 874. The molecular formula is C18H25N5O4S. The summed E-state index contributed by atoms with van der Waals surface area (Å²) in [6.45, 7) is 5.89. The number of hydrogen-bond donors (Lipinski definition) is 0. The van der Waals surface area contributed by atoms with E-state index < -0.39 is 10.2 Å². The molecule has 1 unspecified atom stereocenters. The molecule has 1 atom stereocenters. The summed E-state index contributed by atoms with van der Waals surface area (Å²) in [5.74, 6) is 1.11. The van der Waals surface area contributed by atoms with Gasteiger partial charge in [0.2, 0.25) is 11.7 Å². The molecular weight excluding hydrogens is 382 g/mol. The number of benzene rings is 1. The van der Waals surface area contributed by atoms with Crippen LogP contribution in [-0.4, -0.2) is 84.6 Å². The molecule has 2 aromatic rings. The highest BCUT2D eigenvalue weighted by atomic mass is 32.2. The maximum atomic E-state index is 12.8. The molecule has 2 saturated heterocycles. The van der Waals surface area contributed by atoms with Crippen LogP contribution in [0.25, 0.3) is 11.4 Å². The molecule has 0 N–H and O–H groups in total. The van der Waals surface area contributed by atoms with Gasteiger partial charge in [-0.25, -0.2) is 0 Å². The van der Waals surface area contributed by atoms with E-state index in [9.17, 15) is 8.42 Å². The smallest absolute Gasteiger partial charge is 0.282 e. The van der Waals surface area contributed by atoms with Crippen LogP contribution in [0.5, 0.6) is 0 Å². The molecule has 0 radical (unpaired) electrons. The van der Waals surface area contributed by atoms with Crippen molar-refractivity contribution in [1.82, 2.24) is 23.7 Å². The van der Waals surface area contributed by atoms with Gasteiger partial charge in [-0.1, -0.05) is 35.5 Å². The Hall–Kier alpha value is -1.85. The highest BCUT2D eigenvalue weighted by molar-refractivity contribution is 7.86. The fraction of sp³-hybridized carbons (Fsp3) is 0.556. The zero-order valence-electron chi connectivity index (χ0n) is 15.9. The highest BCUT2D eigenvalue weighted by Gasteiger charge is 2.35. The van der Waals surface area contributed by atoms with E-state index in [1.54, 1.807) is 4.31 Å². The zero-order valence-corrected chi connectivity index (χ0v) is 16.7. The van der Waals surface area contributed by atoms with Crippen molar-refractivity contribution in [2.24, 2.45) is 0 Å². The van der Waals surface area contributed by atoms with Crippen molar-refractivity contribution >= 4 is 10.2 Å². The molecule has 4 rings (SSSR count). The van der Waals surface area contributed by atoms with E-state index in [-0.39, 0.29) is 6.04 Å². The summed E-state index contributed by atoms with van der Waals surface area (Å²) in [5, 5.41) is 4.08. The van der Waals surface area contributed by atoms with Gasteiger partial charge in [0, 0.05) is 44.8 Å². The van der Waals surface area contributed by atoms with Gasteiger partial charge in [0.15, 0.2) is 0 Å². The number of hydrogen-bond acceptors (Lipinski definition) is 7. The Morgan fingerprint density at radius 2 is 1.61 bits per heavy atom. The van der Waals surface area contributed by atoms with Crippen LogP contribution >= 0.6 is 0 Å². The lowest BCUT2D eigenvalue weighted by molar-refractivity contribution is 0.0668. The SMILES string of the molecule is CC(c1nc(-c2ccccc2)no1)N1CCN(S(=O)(=O)N2CCOCC2)CC1. The summed E-state index contributed by atoms with van der Waals surface area (Å²) in [4.78, 5) is 6.70. The standard InChI is InChI=1S/C18H25N5O4S/c1-15(18-19-17(20-27-18)16-5-3-2-4-6-16)21-7-9-22(10-8-21)28(24,25)23-11-13-26-14-12-23/h2-6,15H,7-14H2,1H3. The summed E-state index contributed by atoms with van der Waals surface area (Å²) < 4.78 is 39.4. The lowest BCUT2D eigenvalue weighted by atomic mass is 10.2. The first-order valence-corrected chi connectivity index (χ1v) is 10.9. The topological polar surface area (TPSA) is 92.0 Å². The lowest BCUT2D eigenvalue weighted by Crippen LogP contribution is -2.55. The monoisotopic (exact) mass is 407 g/mol. The first-order valence-electron chi connectivity index (χ1n) is 9.52. The van der Waals surface area contributed by atoms with Crippen molar-refractivity contribution in [3.8, 4) is 11.4 Å². The molecule has 1 aromatic heterocycles. The van der Waals surface area contributed by atoms with Crippen LogP contribution in [-0.2, 0) is 14.9 Å². The first kappa shape index (κ1) is 19.5. The number of piperazine rings is 1. The van der Waals surface area contributed by atoms with Crippen LogP contribution in [0.4, 0.5) is 0 Å². The quantitative estimate of drug-likeness (QED) is 0.730. The molecule has 152 valence electrons. The van der Waals surface area contributed by atoms with Crippen LogP contribution in [0.3, 0.4) is 0 Å². The van der Waals surface area contributed by atoms with E-state index in [1.165, 1.54) is 4.31 Å². The third-order valence-electron chi connectivity index (χ3n) is 5.27. The minimum atomic E-state index is -3.42. The first-order chi connectivity index (χ1) is 13.6. The van der Waals surface area contributed by atoms with E-state index in [0.29, 0.717) is 64.2 Å². The van der Waals surface area contributed by atoms with Crippen molar-refractivity contribution in [2.45, 2.75) is 13.0 Å². The Kier molecular flexibility index (Phi) is 5.74. The molecule has 2 fully saturated rings. The molecule has 10 heteroatoms. The highest BCUT2D eigenvalue weighted by Crippen LogP contribution is 2.24. The summed E-state index contributed by atoms with van der Waals surface area (Å²) >= 11 is 0. The minimum Gasteiger partial charge on any atom is -0.379 e. The number of nitrogens with zero attached hydrogens (tertiary/aromatic N) is 5. The zero-order chi connectivity index (χ0) is 19.6. The second-order valence-corrected chi connectivity index (χ2v) is 8.88. The molecule has 0 amide bonds. The van der Waals surface area contributed by atoms with Gasteiger partial charge in [-0.05, 0) is 6.92 Å². The third kappa shape index (κ3) is 3.96. The largest absolute Gasteiger partial charge is 0.379 e. The van der Waals surface area contributed by atoms with Crippen molar-refractivity contribution in [3.05, 3.63) is 36.2 Å². The van der Waals surface area contributed by atoms with Gasteiger partial charge in [-0.3, -0.25) is 4.90 Å².